The summed E-state index contributed by atoms with van der Waals surface area (Å²) in [6, 6.07) is 1.73. The van der Waals surface area contributed by atoms with Crippen molar-refractivity contribution in [2.45, 2.75) is 45.8 Å². The molecule has 0 radical (unpaired) electrons. The first kappa shape index (κ1) is 14.3. The van der Waals surface area contributed by atoms with E-state index in [1.165, 1.54) is 30.2 Å². The molecule has 0 spiro atoms. The summed E-state index contributed by atoms with van der Waals surface area (Å²) in [4.78, 5) is 13.6. The van der Waals surface area contributed by atoms with Crippen LogP contribution < -0.4 is 4.90 Å². The van der Waals surface area contributed by atoms with Crippen LogP contribution in [0.25, 0.3) is 0 Å². The van der Waals surface area contributed by atoms with E-state index in [1.807, 2.05) is 13.8 Å². The van der Waals surface area contributed by atoms with Crippen LogP contribution in [0.3, 0.4) is 0 Å². The molecule has 1 fully saturated rings. The topological polar surface area (TPSA) is 66.6 Å². The molecule has 0 saturated heterocycles. The molecule has 6 heteroatoms. The maximum atomic E-state index is 11.2. The number of nitro groups is 1. The summed E-state index contributed by atoms with van der Waals surface area (Å²) in [6.45, 7) is 6.61. The van der Waals surface area contributed by atoms with Gasteiger partial charge in [0.25, 0.3) is 0 Å². The van der Waals surface area contributed by atoms with Gasteiger partial charge in [0.15, 0.2) is 5.00 Å². The molecule has 1 heterocycles. The van der Waals surface area contributed by atoms with Crippen molar-refractivity contribution in [1.29, 1.82) is 0 Å². The molecular formula is C13H20N2O3S. The summed E-state index contributed by atoms with van der Waals surface area (Å²) in [5.41, 5.74) is 0.121. The largest absolute Gasteiger partial charge is 0.388 e. The van der Waals surface area contributed by atoms with Gasteiger partial charge in [0.2, 0.25) is 0 Å². The molecule has 0 bridgehead atoms. The van der Waals surface area contributed by atoms with E-state index in [0.717, 1.165) is 6.54 Å². The average molecular weight is 284 g/mol. The van der Waals surface area contributed by atoms with Crippen LogP contribution in [0.2, 0.25) is 0 Å². The molecule has 2 rings (SSSR count). The third-order valence-electron chi connectivity index (χ3n) is 3.36. The molecule has 0 aliphatic heterocycles. The zero-order chi connectivity index (χ0) is 14.2. The van der Waals surface area contributed by atoms with Crippen molar-refractivity contribution >= 4 is 22.0 Å². The highest BCUT2D eigenvalue weighted by atomic mass is 32.1. The lowest BCUT2D eigenvalue weighted by molar-refractivity contribution is -0.383. The molecule has 1 aliphatic carbocycles. The number of aliphatic hydroxyl groups is 1. The summed E-state index contributed by atoms with van der Waals surface area (Å²) < 4.78 is 0. The Hall–Kier alpha value is -1.14. The van der Waals surface area contributed by atoms with Crippen LogP contribution in [0.4, 0.5) is 10.7 Å². The van der Waals surface area contributed by atoms with Gasteiger partial charge in [0, 0.05) is 23.5 Å². The lowest BCUT2D eigenvalue weighted by Crippen LogP contribution is -2.32. The quantitative estimate of drug-likeness (QED) is 0.642. The number of nitrogens with zero attached hydrogens (tertiary/aromatic N) is 2. The number of hydrogen-bond donors (Lipinski definition) is 1. The smallest absolute Gasteiger partial charge is 0.304 e. The van der Waals surface area contributed by atoms with Gasteiger partial charge in [0.1, 0.15) is 0 Å². The second kappa shape index (κ2) is 5.46. The van der Waals surface area contributed by atoms with Crippen LogP contribution in [0.5, 0.6) is 0 Å². The van der Waals surface area contributed by atoms with E-state index in [1.54, 1.807) is 6.92 Å². The normalized spacial score (nSPS) is 16.7. The summed E-state index contributed by atoms with van der Waals surface area (Å²) >= 11 is 1.34. The molecular weight excluding hydrogens is 264 g/mol. The Morgan fingerprint density at radius 3 is 2.58 bits per heavy atom. The predicted octanol–water partition coefficient (Wildman–Crippen LogP) is 3.33. The van der Waals surface area contributed by atoms with Crippen LogP contribution in [0, 0.1) is 16.0 Å². The first-order chi connectivity index (χ1) is 8.90. The van der Waals surface area contributed by atoms with Crippen LogP contribution in [0.15, 0.2) is 6.07 Å². The molecule has 19 heavy (non-hydrogen) atoms. The Morgan fingerprint density at radius 1 is 1.53 bits per heavy atom. The second-order valence-corrected chi connectivity index (χ2v) is 6.52. The highest BCUT2D eigenvalue weighted by Gasteiger charge is 2.31. The maximum Gasteiger partial charge on any atom is 0.304 e. The molecule has 1 saturated carbocycles. The Labute approximate surface area is 117 Å². The Morgan fingerprint density at radius 2 is 2.16 bits per heavy atom. The van der Waals surface area contributed by atoms with E-state index >= 15 is 0 Å². The highest BCUT2D eigenvalue weighted by Crippen LogP contribution is 2.42. The van der Waals surface area contributed by atoms with Gasteiger partial charge in [-0.05, 0) is 39.5 Å². The monoisotopic (exact) mass is 284 g/mol. The molecule has 0 aromatic carbocycles. The summed E-state index contributed by atoms with van der Waals surface area (Å²) in [7, 11) is 0. The van der Waals surface area contributed by atoms with E-state index in [0.29, 0.717) is 15.8 Å². The molecule has 5 nitrogen and oxygen atoms in total. The summed E-state index contributed by atoms with van der Waals surface area (Å²) in [5, 5.41) is 21.5. The van der Waals surface area contributed by atoms with Crippen molar-refractivity contribution in [3.63, 3.8) is 0 Å². The van der Waals surface area contributed by atoms with Crippen LogP contribution in [-0.4, -0.2) is 22.6 Å². The Bertz CT molecular complexity index is 466. The summed E-state index contributed by atoms with van der Waals surface area (Å²) in [6.07, 6.45) is 1.77. The van der Waals surface area contributed by atoms with Gasteiger partial charge in [-0.3, -0.25) is 10.1 Å². The number of thiophene rings is 1. The maximum absolute atomic E-state index is 11.2. The average Bonchev–Trinajstić information content (AvgIpc) is 3.01. The zero-order valence-electron chi connectivity index (χ0n) is 11.5. The van der Waals surface area contributed by atoms with Crippen molar-refractivity contribution in [2.75, 3.05) is 11.4 Å². The van der Waals surface area contributed by atoms with Gasteiger partial charge < -0.3 is 10.0 Å². The lowest BCUT2D eigenvalue weighted by Gasteiger charge is -2.26. The fourth-order valence-corrected chi connectivity index (χ4v) is 3.24. The van der Waals surface area contributed by atoms with E-state index in [-0.39, 0.29) is 16.7 Å². The molecule has 1 atom stereocenters. The number of rotatable bonds is 6. The van der Waals surface area contributed by atoms with E-state index in [4.69, 9.17) is 0 Å². The van der Waals surface area contributed by atoms with Gasteiger partial charge in [0.05, 0.1) is 11.0 Å². The van der Waals surface area contributed by atoms with Crippen LogP contribution in [-0.2, 0) is 0 Å². The molecule has 1 unspecified atom stereocenters. The molecule has 0 amide bonds. The Kier molecular flexibility index (Phi) is 4.10. The van der Waals surface area contributed by atoms with Gasteiger partial charge in [-0.1, -0.05) is 0 Å². The first-order valence-electron chi connectivity index (χ1n) is 6.63. The van der Waals surface area contributed by atoms with Crippen molar-refractivity contribution in [3.8, 4) is 0 Å². The number of anilines is 1. The minimum absolute atomic E-state index is 0.121. The Balaban J connectivity index is 2.35. The van der Waals surface area contributed by atoms with Crippen molar-refractivity contribution in [3.05, 3.63) is 21.1 Å². The zero-order valence-corrected chi connectivity index (χ0v) is 12.3. The third kappa shape index (κ3) is 3.25. The van der Waals surface area contributed by atoms with Crippen molar-refractivity contribution in [2.24, 2.45) is 5.92 Å². The van der Waals surface area contributed by atoms with E-state index < -0.39 is 6.10 Å². The SMILES string of the molecule is CC(O)c1cc([N+](=O)[O-])c(N(CC2CC2)C(C)C)s1. The van der Waals surface area contributed by atoms with Crippen LogP contribution >= 0.6 is 11.3 Å². The summed E-state index contributed by atoms with van der Waals surface area (Å²) in [5.74, 6) is 0.666. The minimum atomic E-state index is -0.660. The molecule has 1 N–H and O–H groups in total. The van der Waals surface area contributed by atoms with Gasteiger partial charge in [-0.2, -0.15) is 0 Å². The second-order valence-electron chi connectivity index (χ2n) is 5.46. The number of aliphatic hydroxyl groups excluding tert-OH is 1. The van der Waals surface area contributed by atoms with E-state index in [2.05, 4.69) is 4.90 Å². The molecule has 1 aliphatic rings. The fourth-order valence-electron chi connectivity index (χ4n) is 2.04. The van der Waals surface area contributed by atoms with Gasteiger partial charge in [-0.25, -0.2) is 0 Å². The highest BCUT2D eigenvalue weighted by molar-refractivity contribution is 7.16. The van der Waals surface area contributed by atoms with Crippen LogP contribution in [0.1, 0.15) is 44.6 Å². The van der Waals surface area contributed by atoms with Crippen molar-refractivity contribution < 1.29 is 10.0 Å². The lowest BCUT2D eigenvalue weighted by atomic mass is 10.2. The minimum Gasteiger partial charge on any atom is -0.388 e. The standard InChI is InChI=1S/C13H20N2O3S/c1-8(2)14(7-10-4-5-10)13-11(15(17)18)6-12(19-13)9(3)16/h6,8-10,16H,4-5,7H2,1-3H3. The third-order valence-corrected chi connectivity index (χ3v) is 4.69. The molecule has 1 aromatic rings. The molecule has 106 valence electrons. The molecule has 1 aromatic heterocycles. The van der Waals surface area contributed by atoms with E-state index in [9.17, 15) is 15.2 Å². The van der Waals surface area contributed by atoms with Gasteiger partial charge in [-0.15, -0.1) is 11.3 Å². The predicted molar refractivity (Wildman–Crippen MR) is 76.8 cm³/mol. The fraction of sp³-hybridized carbons (Fsp3) is 0.692. The first-order valence-corrected chi connectivity index (χ1v) is 7.44. The number of hydrogen-bond acceptors (Lipinski definition) is 5. The van der Waals surface area contributed by atoms with Gasteiger partial charge >= 0.3 is 5.69 Å². The van der Waals surface area contributed by atoms with Crippen molar-refractivity contribution in [1.82, 2.24) is 0 Å².